The van der Waals surface area contributed by atoms with Gasteiger partial charge in [0.05, 0.1) is 5.92 Å². The second-order valence-corrected chi connectivity index (χ2v) is 9.48. The van der Waals surface area contributed by atoms with E-state index < -0.39 is 0 Å². The fourth-order valence-corrected chi connectivity index (χ4v) is 5.55. The van der Waals surface area contributed by atoms with Gasteiger partial charge in [0.2, 0.25) is 17.7 Å². The van der Waals surface area contributed by atoms with Crippen LogP contribution in [0.25, 0.3) is 0 Å². The lowest BCUT2D eigenvalue weighted by atomic mass is 9.78. The van der Waals surface area contributed by atoms with Gasteiger partial charge in [0.1, 0.15) is 0 Å². The molecule has 1 aromatic carbocycles. The average molecular weight is 426 g/mol. The lowest BCUT2D eigenvalue weighted by Crippen LogP contribution is -2.48. The third-order valence-electron chi connectivity index (χ3n) is 7.45. The molecule has 1 saturated carbocycles. The first-order chi connectivity index (χ1) is 15.1. The van der Waals surface area contributed by atoms with E-state index in [0.717, 1.165) is 32.2 Å². The van der Waals surface area contributed by atoms with Crippen LogP contribution in [0.3, 0.4) is 0 Å². The second-order valence-electron chi connectivity index (χ2n) is 9.48. The van der Waals surface area contributed by atoms with E-state index in [1.807, 2.05) is 15.9 Å². The summed E-state index contributed by atoms with van der Waals surface area (Å²) in [5.41, 5.74) is 1.37. The van der Waals surface area contributed by atoms with Crippen molar-refractivity contribution in [3.05, 3.63) is 35.9 Å². The quantitative estimate of drug-likeness (QED) is 0.696. The number of amides is 3. The van der Waals surface area contributed by atoms with Gasteiger partial charge in [0.15, 0.2) is 0 Å². The zero-order valence-electron chi connectivity index (χ0n) is 18.5. The van der Waals surface area contributed by atoms with E-state index in [2.05, 4.69) is 29.6 Å². The van der Waals surface area contributed by atoms with Crippen molar-refractivity contribution in [2.24, 2.45) is 5.92 Å². The predicted molar refractivity (Wildman–Crippen MR) is 119 cm³/mol. The summed E-state index contributed by atoms with van der Waals surface area (Å²) in [6, 6.07) is 10.6. The molecule has 3 amide bonds. The van der Waals surface area contributed by atoms with E-state index in [1.54, 1.807) is 0 Å². The van der Waals surface area contributed by atoms with E-state index in [0.29, 0.717) is 45.4 Å². The summed E-state index contributed by atoms with van der Waals surface area (Å²) in [6.45, 7) is 3.34. The van der Waals surface area contributed by atoms with Gasteiger partial charge in [-0.25, -0.2) is 0 Å². The number of rotatable bonds is 8. The molecule has 1 aliphatic carbocycles. The Morgan fingerprint density at radius 2 is 1.68 bits per heavy atom. The van der Waals surface area contributed by atoms with Crippen molar-refractivity contribution in [2.75, 3.05) is 32.7 Å². The van der Waals surface area contributed by atoms with Crippen LogP contribution in [-0.4, -0.2) is 60.2 Å². The van der Waals surface area contributed by atoms with Gasteiger partial charge in [-0.05, 0) is 37.7 Å². The highest BCUT2D eigenvalue weighted by atomic mass is 16.2. The molecular formula is C25H35N3O3. The Kier molecular flexibility index (Phi) is 6.93. The topological polar surface area (TPSA) is 69.7 Å². The maximum atomic E-state index is 13.0. The fourth-order valence-electron chi connectivity index (χ4n) is 5.55. The van der Waals surface area contributed by atoms with Gasteiger partial charge in [0.25, 0.3) is 0 Å². The Morgan fingerprint density at radius 1 is 0.968 bits per heavy atom. The summed E-state index contributed by atoms with van der Waals surface area (Å²) in [4.78, 5) is 40.9. The van der Waals surface area contributed by atoms with E-state index in [9.17, 15) is 14.4 Å². The minimum absolute atomic E-state index is 0.0450. The highest BCUT2D eigenvalue weighted by molar-refractivity contribution is 5.84. The number of hydrogen-bond acceptors (Lipinski definition) is 3. The first-order valence-corrected chi connectivity index (χ1v) is 12.0. The molecule has 2 heterocycles. The highest BCUT2D eigenvalue weighted by Gasteiger charge is 2.37. The van der Waals surface area contributed by atoms with Crippen LogP contribution in [0.1, 0.15) is 63.4 Å². The Bertz CT molecular complexity index is 788. The number of carbonyl (C=O) groups excluding carboxylic acids is 3. The van der Waals surface area contributed by atoms with Gasteiger partial charge >= 0.3 is 0 Å². The predicted octanol–water partition coefficient (Wildman–Crippen LogP) is 2.87. The monoisotopic (exact) mass is 425 g/mol. The smallest absolute Gasteiger partial charge is 0.224 e. The molecule has 0 aromatic heterocycles. The molecule has 0 radical (unpaired) electrons. The Hall–Kier alpha value is -2.37. The van der Waals surface area contributed by atoms with Crippen LogP contribution in [0.5, 0.6) is 0 Å². The molecule has 31 heavy (non-hydrogen) atoms. The van der Waals surface area contributed by atoms with Gasteiger partial charge < -0.3 is 15.1 Å². The summed E-state index contributed by atoms with van der Waals surface area (Å²) in [5, 5.41) is 3.25. The molecule has 1 N–H and O–H groups in total. The van der Waals surface area contributed by atoms with Crippen molar-refractivity contribution in [3.63, 3.8) is 0 Å². The molecule has 4 rings (SSSR count). The van der Waals surface area contributed by atoms with Crippen molar-refractivity contribution in [2.45, 2.75) is 63.2 Å². The SMILES string of the molecule is O=C(NCC1(c2ccccc2)CCCC1)[C@@H]1CCC(=O)N(CCCN2CCCC2=O)C1. The lowest BCUT2D eigenvalue weighted by Gasteiger charge is -2.34. The van der Waals surface area contributed by atoms with Crippen LogP contribution < -0.4 is 5.32 Å². The normalized spacial score (nSPS) is 23.4. The summed E-state index contributed by atoms with van der Waals surface area (Å²) >= 11 is 0. The molecule has 6 nitrogen and oxygen atoms in total. The summed E-state index contributed by atoms with van der Waals surface area (Å²) in [7, 11) is 0. The third-order valence-corrected chi connectivity index (χ3v) is 7.45. The van der Waals surface area contributed by atoms with Crippen molar-refractivity contribution >= 4 is 17.7 Å². The van der Waals surface area contributed by atoms with Crippen molar-refractivity contribution in [3.8, 4) is 0 Å². The maximum Gasteiger partial charge on any atom is 0.224 e. The van der Waals surface area contributed by atoms with Gasteiger partial charge in [-0.2, -0.15) is 0 Å². The average Bonchev–Trinajstić information content (AvgIpc) is 3.44. The van der Waals surface area contributed by atoms with Crippen molar-refractivity contribution < 1.29 is 14.4 Å². The van der Waals surface area contributed by atoms with Gasteiger partial charge in [-0.15, -0.1) is 0 Å². The lowest BCUT2D eigenvalue weighted by molar-refractivity contribution is -0.138. The molecular weight excluding hydrogens is 390 g/mol. The first kappa shape index (κ1) is 21.8. The molecule has 1 atom stereocenters. The summed E-state index contributed by atoms with van der Waals surface area (Å²) in [6.07, 6.45) is 8.07. The third kappa shape index (κ3) is 5.10. The Balaban J connectivity index is 1.29. The summed E-state index contributed by atoms with van der Waals surface area (Å²) in [5.74, 6) is 0.296. The van der Waals surface area contributed by atoms with E-state index in [4.69, 9.17) is 0 Å². The van der Waals surface area contributed by atoms with Crippen LogP contribution in [0, 0.1) is 5.92 Å². The Labute approximate surface area is 185 Å². The number of nitrogens with one attached hydrogen (secondary N) is 1. The molecule has 0 bridgehead atoms. The minimum Gasteiger partial charge on any atom is -0.355 e. The Morgan fingerprint density at radius 3 is 2.39 bits per heavy atom. The number of benzene rings is 1. The van der Waals surface area contributed by atoms with Crippen molar-refractivity contribution in [1.29, 1.82) is 0 Å². The molecule has 6 heteroatoms. The van der Waals surface area contributed by atoms with Gasteiger partial charge in [-0.3, -0.25) is 14.4 Å². The number of nitrogens with zero attached hydrogens (tertiary/aromatic N) is 2. The maximum absolute atomic E-state index is 13.0. The van der Waals surface area contributed by atoms with Crippen LogP contribution in [0.15, 0.2) is 30.3 Å². The second kappa shape index (κ2) is 9.84. The van der Waals surface area contributed by atoms with E-state index >= 15 is 0 Å². The summed E-state index contributed by atoms with van der Waals surface area (Å²) < 4.78 is 0. The number of piperidine rings is 1. The molecule has 168 valence electrons. The molecule has 3 fully saturated rings. The highest BCUT2D eigenvalue weighted by Crippen LogP contribution is 2.40. The van der Waals surface area contributed by atoms with Crippen molar-refractivity contribution in [1.82, 2.24) is 15.1 Å². The number of likely N-dealkylation sites (tertiary alicyclic amines) is 2. The standard InChI is InChI=1S/C25H35N3O3/c29-22-10-6-15-27(22)16-7-17-28-18-20(11-12-23(28)30)24(31)26-19-25(13-4-5-14-25)21-8-2-1-3-9-21/h1-3,8-9,20H,4-7,10-19H2,(H,26,31)/t20-/m1/s1. The zero-order valence-corrected chi connectivity index (χ0v) is 18.5. The molecule has 2 aliphatic heterocycles. The van der Waals surface area contributed by atoms with Gasteiger partial charge in [-0.1, -0.05) is 43.2 Å². The largest absolute Gasteiger partial charge is 0.355 e. The number of hydrogen-bond donors (Lipinski definition) is 1. The van der Waals surface area contributed by atoms with Crippen LogP contribution >= 0.6 is 0 Å². The molecule has 2 saturated heterocycles. The molecule has 0 spiro atoms. The number of carbonyl (C=O) groups is 3. The van der Waals surface area contributed by atoms with Crippen LogP contribution in [0.4, 0.5) is 0 Å². The van der Waals surface area contributed by atoms with Gasteiger partial charge in [0, 0.05) is 51.0 Å². The molecule has 0 unspecified atom stereocenters. The van der Waals surface area contributed by atoms with Crippen LogP contribution in [-0.2, 0) is 19.8 Å². The molecule has 3 aliphatic rings. The molecule has 1 aromatic rings. The van der Waals surface area contributed by atoms with E-state index in [-0.39, 0.29) is 29.1 Å². The fraction of sp³-hybridized carbons (Fsp3) is 0.640. The zero-order chi connectivity index (χ0) is 21.7. The first-order valence-electron chi connectivity index (χ1n) is 12.0. The van der Waals surface area contributed by atoms with Crippen LogP contribution in [0.2, 0.25) is 0 Å². The van der Waals surface area contributed by atoms with E-state index in [1.165, 1.54) is 18.4 Å². The minimum atomic E-state index is -0.139.